The lowest BCUT2D eigenvalue weighted by atomic mass is 9.96. The van der Waals surface area contributed by atoms with Crippen LogP contribution in [-0.4, -0.2) is 74.8 Å². The molecule has 0 aliphatic carbocycles. The molecule has 0 radical (unpaired) electrons. The maximum Gasteiger partial charge on any atom is 0.175 e. The van der Waals surface area contributed by atoms with Gasteiger partial charge in [-0.05, 0) is 18.4 Å². The lowest BCUT2D eigenvalue weighted by Gasteiger charge is -2.44. The van der Waals surface area contributed by atoms with E-state index in [1.165, 1.54) is 64.2 Å². The molecule has 1 fully saturated rings. The van der Waals surface area contributed by atoms with Gasteiger partial charge in [0.05, 0.1) is 25.3 Å². The van der Waals surface area contributed by atoms with Crippen molar-refractivity contribution in [2.75, 3.05) is 32.9 Å². The Bertz CT molecular complexity index is 581. The molecule has 1 aliphatic rings. The highest BCUT2D eigenvalue weighted by atomic mass is 16.7. The lowest BCUT2D eigenvalue weighted by Crippen LogP contribution is -2.65. The number of ether oxygens (including phenoxy) is 4. The Hall–Kier alpha value is -0.970. The van der Waals surface area contributed by atoms with Crippen molar-refractivity contribution < 1.29 is 24.1 Å². The summed E-state index contributed by atoms with van der Waals surface area (Å²) in [4.78, 5) is 2.66. The third kappa shape index (κ3) is 15.3. The Morgan fingerprint density at radius 2 is 1.35 bits per heavy atom. The summed E-state index contributed by atoms with van der Waals surface area (Å²) >= 11 is 0. The molecule has 0 saturated carbocycles. The van der Waals surface area contributed by atoms with E-state index in [1.54, 1.807) is 0 Å². The van der Waals surface area contributed by atoms with Gasteiger partial charge in [0.2, 0.25) is 0 Å². The van der Waals surface area contributed by atoms with Gasteiger partial charge in [0.25, 0.3) is 0 Å². The first kappa shape index (κ1) is 34.1. The molecule has 10 heteroatoms. The SMILES string of the molecule is CCCCCCCCCO[C@@H]1[C@@H](N)[C@@H](OC[C@H](O)CN=[N+]=[N-])O[C@H](CN)[C@H]1OCCCCCCCCC. The Morgan fingerprint density at radius 1 is 0.838 bits per heavy atom. The van der Waals surface area contributed by atoms with Crippen molar-refractivity contribution in [1.82, 2.24) is 0 Å². The topological polar surface area (TPSA) is 158 Å². The molecule has 0 amide bonds. The fourth-order valence-electron chi connectivity index (χ4n) is 4.62. The highest BCUT2D eigenvalue weighted by molar-refractivity contribution is 4.94. The van der Waals surface area contributed by atoms with Crippen LogP contribution in [0, 0.1) is 0 Å². The van der Waals surface area contributed by atoms with Crippen molar-refractivity contribution in [2.24, 2.45) is 16.6 Å². The smallest absolute Gasteiger partial charge is 0.175 e. The first-order valence-electron chi connectivity index (χ1n) is 14.7. The number of aliphatic hydroxyl groups is 1. The van der Waals surface area contributed by atoms with E-state index in [-0.39, 0.29) is 25.8 Å². The van der Waals surface area contributed by atoms with Crippen LogP contribution in [0.3, 0.4) is 0 Å². The Balaban J connectivity index is 2.63. The van der Waals surface area contributed by atoms with Crippen LogP contribution < -0.4 is 11.5 Å². The third-order valence-electron chi connectivity index (χ3n) is 6.85. The van der Waals surface area contributed by atoms with Crippen LogP contribution in [0.2, 0.25) is 0 Å². The van der Waals surface area contributed by atoms with E-state index in [0.717, 1.165) is 25.7 Å². The van der Waals surface area contributed by atoms with E-state index >= 15 is 0 Å². The molecule has 0 spiro atoms. The average molecular weight is 530 g/mol. The van der Waals surface area contributed by atoms with E-state index in [9.17, 15) is 5.11 Å². The molecule has 37 heavy (non-hydrogen) atoms. The fourth-order valence-corrected chi connectivity index (χ4v) is 4.62. The largest absolute Gasteiger partial charge is 0.391 e. The zero-order valence-electron chi connectivity index (χ0n) is 23.5. The molecular weight excluding hydrogens is 474 g/mol. The van der Waals surface area contributed by atoms with Crippen molar-refractivity contribution in [2.45, 2.75) is 140 Å². The minimum absolute atomic E-state index is 0.0668. The molecule has 0 aromatic heterocycles. The molecule has 0 aromatic carbocycles. The standard InChI is InChI=1S/C27H55N5O5/c1-3-5-7-9-11-13-15-17-34-25-23(19-28)37-27(36-21-22(33)20-31-32-30)24(29)26(25)35-18-16-14-12-10-8-6-4-2/h22-27,33H,3-21,28-29H2,1-2H3/t22-,23-,24-,25-,26-,27+/m1/s1. The van der Waals surface area contributed by atoms with E-state index in [1.807, 2.05) is 0 Å². The highest BCUT2D eigenvalue weighted by Gasteiger charge is 2.46. The van der Waals surface area contributed by atoms with E-state index < -0.39 is 30.6 Å². The molecule has 0 unspecified atom stereocenters. The molecule has 1 heterocycles. The number of hydrogen-bond donors (Lipinski definition) is 3. The van der Waals surface area contributed by atoms with Crippen molar-refractivity contribution in [3.8, 4) is 0 Å². The Morgan fingerprint density at radius 3 is 1.86 bits per heavy atom. The normalized spacial score (nSPS) is 24.6. The van der Waals surface area contributed by atoms with Crippen LogP contribution in [0.25, 0.3) is 10.4 Å². The van der Waals surface area contributed by atoms with Crippen molar-refractivity contribution in [1.29, 1.82) is 0 Å². The Labute approximate surface area is 224 Å². The molecule has 1 saturated heterocycles. The number of aliphatic hydroxyl groups excluding tert-OH is 1. The third-order valence-corrected chi connectivity index (χ3v) is 6.85. The summed E-state index contributed by atoms with van der Waals surface area (Å²) in [6.45, 7) is 5.75. The van der Waals surface area contributed by atoms with E-state index in [0.29, 0.717) is 13.2 Å². The van der Waals surface area contributed by atoms with Gasteiger partial charge in [-0.25, -0.2) is 0 Å². The minimum Gasteiger partial charge on any atom is -0.391 e. The van der Waals surface area contributed by atoms with Gasteiger partial charge in [-0.15, -0.1) is 0 Å². The maximum absolute atomic E-state index is 9.98. The quantitative estimate of drug-likeness (QED) is 0.0690. The molecule has 218 valence electrons. The van der Waals surface area contributed by atoms with Crippen LogP contribution in [0.4, 0.5) is 0 Å². The van der Waals surface area contributed by atoms with Gasteiger partial charge in [-0.3, -0.25) is 0 Å². The van der Waals surface area contributed by atoms with Crippen LogP contribution >= 0.6 is 0 Å². The first-order chi connectivity index (χ1) is 18.1. The van der Waals surface area contributed by atoms with Crippen LogP contribution in [-0.2, 0) is 18.9 Å². The van der Waals surface area contributed by atoms with Gasteiger partial charge in [-0.2, -0.15) is 0 Å². The van der Waals surface area contributed by atoms with E-state index in [4.69, 9.17) is 35.9 Å². The minimum atomic E-state index is -0.943. The monoisotopic (exact) mass is 529 g/mol. The first-order valence-corrected chi connectivity index (χ1v) is 14.7. The summed E-state index contributed by atoms with van der Waals surface area (Å²) in [5.41, 5.74) is 21.1. The number of nitrogens with zero attached hydrogens (tertiary/aromatic N) is 3. The molecule has 0 bridgehead atoms. The van der Waals surface area contributed by atoms with Gasteiger partial charge in [0.15, 0.2) is 6.29 Å². The number of nitrogens with two attached hydrogens (primary N) is 2. The molecule has 1 aliphatic heterocycles. The summed E-state index contributed by atoms with van der Waals surface area (Å²) in [6.07, 6.45) is 13.9. The Kier molecular flexibility index (Phi) is 21.1. The summed E-state index contributed by atoms with van der Waals surface area (Å²) in [5.74, 6) is 0. The predicted molar refractivity (Wildman–Crippen MR) is 147 cm³/mol. The molecule has 0 aromatic rings. The van der Waals surface area contributed by atoms with Crippen molar-refractivity contribution >= 4 is 0 Å². The summed E-state index contributed by atoms with van der Waals surface area (Å²) < 4.78 is 24.4. The summed E-state index contributed by atoms with van der Waals surface area (Å²) in [5, 5.41) is 13.4. The number of azide groups is 1. The second kappa shape index (κ2) is 23.0. The molecular formula is C27H55N5O5. The van der Waals surface area contributed by atoms with Crippen molar-refractivity contribution in [3.63, 3.8) is 0 Å². The second-order valence-corrected chi connectivity index (χ2v) is 10.2. The average Bonchev–Trinajstić information content (AvgIpc) is 2.90. The van der Waals surface area contributed by atoms with Gasteiger partial charge < -0.3 is 35.5 Å². The van der Waals surface area contributed by atoms with Crippen molar-refractivity contribution in [3.05, 3.63) is 10.4 Å². The zero-order chi connectivity index (χ0) is 27.1. The van der Waals surface area contributed by atoms with Gasteiger partial charge in [0, 0.05) is 24.7 Å². The van der Waals surface area contributed by atoms with Gasteiger partial charge in [0.1, 0.15) is 18.3 Å². The van der Waals surface area contributed by atoms with E-state index in [2.05, 4.69) is 23.9 Å². The van der Waals surface area contributed by atoms with Crippen LogP contribution in [0.1, 0.15) is 104 Å². The summed E-state index contributed by atoms with van der Waals surface area (Å²) in [6, 6.07) is -0.599. The fraction of sp³-hybridized carbons (Fsp3) is 1.00. The van der Waals surface area contributed by atoms with Crippen LogP contribution in [0.15, 0.2) is 5.11 Å². The number of unbranched alkanes of at least 4 members (excludes halogenated alkanes) is 12. The molecule has 1 rings (SSSR count). The maximum atomic E-state index is 9.98. The second-order valence-electron chi connectivity index (χ2n) is 10.2. The molecule has 5 N–H and O–H groups in total. The summed E-state index contributed by atoms with van der Waals surface area (Å²) in [7, 11) is 0. The highest BCUT2D eigenvalue weighted by Crippen LogP contribution is 2.26. The van der Waals surface area contributed by atoms with Gasteiger partial charge >= 0.3 is 0 Å². The molecule has 10 nitrogen and oxygen atoms in total. The predicted octanol–water partition coefficient (Wildman–Crippen LogP) is 4.96. The van der Waals surface area contributed by atoms with Gasteiger partial charge in [-0.1, -0.05) is 96.0 Å². The lowest BCUT2D eigenvalue weighted by molar-refractivity contribution is -0.276. The number of hydrogen-bond acceptors (Lipinski definition) is 8. The zero-order valence-corrected chi connectivity index (χ0v) is 23.5. The van der Waals surface area contributed by atoms with Crippen LogP contribution in [0.5, 0.6) is 0 Å². The molecule has 6 atom stereocenters. The number of rotatable bonds is 24.